The molecule has 21 heavy (non-hydrogen) atoms. The van der Waals surface area contributed by atoms with Crippen LogP contribution in [-0.2, 0) is 13.2 Å². The second kappa shape index (κ2) is 5.81. The Morgan fingerprint density at radius 1 is 1.10 bits per heavy atom. The summed E-state index contributed by atoms with van der Waals surface area (Å²) in [6, 6.07) is 15.0. The van der Waals surface area contributed by atoms with Gasteiger partial charge in [-0.1, -0.05) is 24.3 Å². The van der Waals surface area contributed by atoms with E-state index in [0.717, 1.165) is 22.0 Å². The molecule has 0 unspecified atom stereocenters. The Hall–Kier alpha value is -2.59. The van der Waals surface area contributed by atoms with Gasteiger partial charge >= 0.3 is 0 Å². The Morgan fingerprint density at radius 2 is 1.90 bits per heavy atom. The summed E-state index contributed by atoms with van der Waals surface area (Å²) in [6.07, 6.45) is 1.85. The Kier molecular flexibility index (Phi) is 3.71. The highest BCUT2D eigenvalue weighted by atomic mass is 16.3. The highest BCUT2D eigenvalue weighted by molar-refractivity contribution is 5.98. The van der Waals surface area contributed by atoms with Gasteiger partial charge in [-0.2, -0.15) is 0 Å². The van der Waals surface area contributed by atoms with Crippen molar-refractivity contribution < 1.29 is 9.90 Å². The number of fused-ring (bicyclic) bond motifs is 1. The van der Waals surface area contributed by atoms with Crippen molar-refractivity contribution in [1.82, 2.24) is 10.3 Å². The van der Waals surface area contributed by atoms with Gasteiger partial charge in [-0.15, -0.1) is 0 Å². The van der Waals surface area contributed by atoms with E-state index in [1.165, 1.54) is 0 Å². The van der Waals surface area contributed by atoms with Crippen molar-refractivity contribution in [2.75, 3.05) is 0 Å². The van der Waals surface area contributed by atoms with Crippen molar-refractivity contribution in [3.8, 4) is 0 Å². The first-order valence-corrected chi connectivity index (χ1v) is 6.81. The van der Waals surface area contributed by atoms with Crippen LogP contribution in [0.15, 0.2) is 54.7 Å². The van der Waals surface area contributed by atoms with Gasteiger partial charge in [-0.05, 0) is 35.4 Å². The zero-order valence-corrected chi connectivity index (χ0v) is 11.5. The smallest absolute Gasteiger partial charge is 0.251 e. The molecule has 0 atom stereocenters. The summed E-state index contributed by atoms with van der Waals surface area (Å²) < 4.78 is 0. The van der Waals surface area contributed by atoms with Gasteiger partial charge in [-0.3, -0.25) is 4.79 Å². The van der Waals surface area contributed by atoms with Crippen LogP contribution in [0.5, 0.6) is 0 Å². The Balaban J connectivity index is 1.74. The Morgan fingerprint density at radius 3 is 2.71 bits per heavy atom. The van der Waals surface area contributed by atoms with E-state index in [2.05, 4.69) is 10.3 Å². The lowest BCUT2D eigenvalue weighted by Gasteiger charge is -2.09. The average molecular weight is 280 g/mol. The van der Waals surface area contributed by atoms with Crippen LogP contribution in [0, 0.1) is 0 Å². The SMILES string of the molecule is O=C(NCc1ccccc1CO)c1ccc2[nH]ccc2c1. The molecule has 0 aliphatic rings. The van der Waals surface area contributed by atoms with Gasteiger partial charge in [0, 0.05) is 29.2 Å². The summed E-state index contributed by atoms with van der Waals surface area (Å²) in [4.78, 5) is 15.3. The fraction of sp³-hybridized carbons (Fsp3) is 0.118. The summed E-state index contributed by atoms with van der Waals surface area (Å²) in [5, 5.41) is 13.2. The number of amides is 1. The van der Waals surface area contributed by atoms with E-state index in [0.29, 0.717) is 12.1 Å². The van der Waals surface area contributed by atoms with Crippen LogP contribution in [0.4, 0.5) is 0 Å². The average Bonchev–Trinajstić information content (AvgIpc) is 3.00. The summed E-state index contributed by atoms with van der Waals surface area (Å²) in [5.41, 5.74) is 3.40. The first kappa shape index (κ1) is 13.4. The number of carbonyl (C=O) groups excluding carboxylic acids is 1. The summed E-state index contributed by atoms with van der Waals surface area (Å²) in [6.45, 7) is 0.377. The molecule has 0 fully saturated rings. The van der Waals surface area contributed by atoms with Crippen LogP contribution in [0.2, 0.25) is 0 Å². The number of carbonyl (C=O) groups is 1. The number of aliphatic hydroxyl groups is 1. The van der Waals surface area contributed by atoms with E-state index in [1.54, 1.807) is 6.07 Å². The molecule has 1 amide bonds. The molecular weight excluding hydrogens is 264 g/mol. The lowest BCUT2D eigenvalue weighted by atomic mass is 10.1. The fourth-order valence-corrected chi connectivity index (χ4v) is 2.36. The predicted octanol–water partition coefficient (Wildman–Crippen LogP) is 2.59. The van der Waals surface area contributed by atoms with Gasteiger partial charge < -0.3 is 15.4 Å². The third-order valence-corrected chi connectivity index (χ3v) is 3.54. The third kappa shape index (κ3) is 2.80. The third-order valence-electron chi connectivity index (χ3n) is 3.54. The summed E-state index contributed by atoms with van der Waals surface area (Å²) in [7, 11) is 0. The zero-order chi connectivity index (χ0) is 14.7. The number of hydrogen-bond donors (Lipinski definition) is 3. The van der Waals surface area contributed by atoms with E-state index < -0.39 is 0 Å². The molecule has 1 aromatic heterocycles. The van der Waals surface area contributed by atoms with Crippen molar-refractivity contribution in [1.29, 1.82) is 0 Å². The second-order valence-corrected chi connectivity index (χ2v) is 4.89. The number of aromatic amines is 1. The quantitative estimate of drug-likeness (QED) is 0.687. The number of rotatable bonds is 4. The number of nitrogens with one attached hydrogen (secondary N) is 2. The maximum Gasteiger partial charge on any atom is 0.251 e. The lowest BCUT2D eigenvalue weighted by molar-refractivity contribution is 0.0950. The van der Waals surface area contributed by atoms with Crippen LogP contribution >= 0.6 is 0 Å². The largest absolute Gasteiger partial charge is 0.392 e. The monoisotopic (exact) mass is 280 g/mol. The standard InChI is InChI=1S/C17H16N2O2/c20-11-15-4-2-1-3-14(15)10-19-17(21)13-5-6-16-12(9-13)7-8-18-16/h1-9,18,20H,10-11H2,(H,19,21). The van der Waals surface area contributed by atoms with E-state index in [1.807, 2.05) is 48.7 Å². The molecule has 0 aliphatic heterocycles. The van der Waals surface area contributed by atoms with Crippen molar-refractivity contribution >= 4 is 16.8 Å². The minimum atomic E-state index is -0.120. The maximum absolute atomic E-state index is 12.2. The molecule has 0 bridgehead atoms. The van der Waals surface area contributed by atoms with Gasteiger partial charge in [0.2, 0.25) is 0 Å². The molecule has 1 heterocycles. The summed E-state index contributed by atoms with van der Waals surface area (Å²) >= 11 is 0. The topological polar surface area (TPSA) is 65.1 Å². The molecule has 0 aliphatic carbocycles. The molecule has 0 saturated heterocycles. The fourth-order valence-electron chi connectivity index (χ4n) is 2.36. The molecule has 0 saturated carbocycles. The summed E-state index contributed by atoms with van der Waals surface area (Å²) in [5.74, 6) is -0.120. The maximum atomic E-state index is 12.2. The molecule has 3 N–H and O–H groups in total. The molecule has 0 spiro atoms. The first-order chi connectivity index (χ1) is 10.3. The zero-order valence-electron chi connectivity index (χ0n) is 11.5. The number of hydrogen-bond acceptors (Lipinski definition) is 2. The number of aliphatic hydroxyl groups excluding tert-OH is 1. The predicted molar refractivity (Wildman–Crippen MR) is 81.8 cm³/mol. The van der Waals surface area contributed by atoms with Gasteiger partial charge in [0.25, 0.3) is 5.91 Å². The molecule has 2 aromatic carbocycles. The van der Waals surface area contributed by atoms with Crippen LogP contribution in [0.1, 0.15) is 21.5 Å². The molecule has 3 rings (SSSR count). The Bertz CT molecular complexity index is 777. The highest BCUT2D eigenvalue weighted by Crippen LogP contribution is 2.14. The molecule has 4 nitrogen and oxygen atoms in total. The minimum Gasteiger partial charge on any atom is -0.392 e. The van der Waals surface area contributed by atoms with Gasteiger partial charge in [-0.25, -0.2) is 0 Å². The molecule has 106 valence electrons. The minimum absolute atomic E-state index is 0.0264. The van der Waals surface area contributed by atoms with Crippen molar-refractivity contribution in [3.05, 3.63) is 71.4 Å². The van der Waals surface area contributed by atoms with Gasteiger partial charge in [0.05, 0.1) is 6.61 Å². The number of benzene rings is 2. The van der Waals surface area contributed by atoms with E-state index in [9.17, 15) is 9.90 Å². The lowest BCUT2D eigenvalue weighted by Crippen LogP contribution is -2.23. The first-order valence-electron chi connectivity index (χ1n) is 6.81. The van der Waals surface area contributed by atoms with Crippen LogP contribution < -0.4 is 5.32 Å². The molecule has 0 radical (unpaired) electrons. The number of H-pyrrole nitrogens is 1. The van der Waals surface area contributed by atoms with Crippen LogP contribution in [0.25, 0.3) is 10.9 Å². The number of aromatic nitrogens is 1. The molecular formula is C17H16N2O2. The second-order valence-electron chi connectivity index (χ2n) is 4.89. The van der Waals surface area contributed by atoms with Crippen molar-refractivity contribution in [2.45, 2.75) is 13.2 Å². The highest BCUT2D eigenvalue weighted by Gasteiger charge is 2.08. The van der Waals surface area contributed by atoms with E-state index in [4.69, 9.17) is 0 Å². The molecule has 4 heteroatoms. The van der Waals surface area contributed by atoms with E-state index in [-0.39, 0.29) is 12.5 Å². The van der Waals surface area contributed by atoms with E-state index >= 15 is 0 Å². The normalized spacial score (nSPS) is 10.7. The Labute approximate surface area is 122 Å². The van der Waals surface area contributed by atoms with Crippen molar-refractivity contribution in [3.63, 3.8) is 0 Å². The van der Waals surface area contributed by atoms with Crippen LogP contribution in [-0.4, -0.2) is 16.0 Å². The van der Waals surface area contributed by atoms with Crippen molar-refractivity contribution in [2.24, 2.45) is 0 Å². The van der Waals surface area contributed by atoms with Gasteiger partial charge in [0.15, 0.2) is 0 Å². The van der Waals surface area contributed by atoms with Gasteiger partial charge in [0.1, 0.15) is 0 Å². The van der Waals surface area contributed by atoms with Crippen LogP contribution in [0.3, 0.4) is 0 Å². The molecule has 3 aromatic rings.